The molecule has 1 aromatic carbocycles. The molecule has 0 spiro atoms. The van der Waals surface area contributed by atoms with Gasteiger partial charge in [0, 0.05) is 6.54 Å². The molecule has 0 aliphatic heterocycles. The van der Waals surface area contributed by atoms with Crippen molar-refractivity contribution in [2.24, 2.45) is 0 Å². The number of hydrogen-bond donors (Lipinski definition) is 1. The highest BCUT2D eigenvalue weighted by Crippen LogP contribution is 2.23. The molecule has 0 amide bonds. The normalized spacial score (nSPS) is 12.4. The highest BCUT2D eigenvalue weighted by atomic mass is 16.5. The Labute approximate surface area is 118 Å². The van der Waals surface area contributed by atoms with Crippen LogP contribution in [0.3, 0.4) is 0 Å². The van der Waals surface area contributed by atoms with Crippen molar-refractivity contribution in [1.82, 2.24) is 15.0 Å². The quantitative estimate of drug-likeness (QED) is 0.871. The molecule has 6 heteroatoms. The lowest BCUT2D eigenvalue weighted by Gasteiger charge is -2.25. The predicted octanol–water partition coefficient (Wildman–Crippen LogP) is 2.10. The lowest BCUT2D eigenvalue weighted by molar-refractivity contribution is 0.307. The minimum atomic E-state index is 0.178. The summed E-state index contributed by atoms with van der Waals surface area (Å²) in [4.78, 5) is 6.27. The molecule has 0 fully saturated rings. The smallest absolute Gasteiger partial charge is 0.321 e. The van der Waals surface area contributed by atoms with Crippen LogP contribution in [-0.4, -0.2) is 42.8 Å². The van der Waals surface area contributed by atoms with Gasteiger partial charge in [-0.15, -0.1) is 0 Å². The molecular weight excluding hydrogens is 256 g/mol. The van der Waals surface area contributed by atoms with Crippen LogP contribution in [0.25, 0.3) is 0 Å². The van der Waals surface area contributed by atoms with E-state index in [-0.39, 0.29) is 6.04 Å². The van der Waals surface area contributed by atoms with Crippen LogP contribution in [0.1, 0.15) is 17.4 Å². The Morgan fingerprint density at radius 3 is 2.80 bits per heavy atom. The number of aromatic nitrogens is 2. The Bertz CT molecular complexity index is 554. The second-order valence-electron chi connectivity index (χ2n) is 4.78. The first-order valence-electron chi connectivity index (χ1n) is 6.44. The van der Waals surface area contributed by atoms with E-state index in [1.165, 1.54) is 0 Å². The van der Waals surface area contributed by atoms with Gasteiger partial charge < -0.3 is 19.5 Å². The first-order valence-corrected chi connectivity index (χ1v) is 6.44. The average Bonchev–Trinajstić information content (AvgIpc) is 2.84. The molecule has 1 atom stereocenters. The van der Waals surface area contributed by atoms with Crippen molar-refractivity contribution in [3.63, 3.8) is 0 Å². The molecule has 1 aromatic heterocycles. The maximum Gasteiger partial charge on any atom is 0.321 e. The van der Waals surface area contributed by atoms with Gasteiger partial charge in [-0.25, -0.2) is 0 Å². The standard InChI is InChI=1S/C14H20N4O2/c1-10-16-14(20-17-10)15-9-13(18(2)3)11-6-5-7-12(8-11)19-4/h5-8,13H,9H2,1-4H3,(H,15,16,17). The van der Waals surface area contributed by atoms with Crippen molar-refractivity contribution < 1.29 is 9.26 Å². The van der Waals surface area contributed by atoms with Gasteiger partial charge in [-0.2, -0.15) is 4.98 Å². The van der Waals surface area contributed by atoms with E-state index in [1.54, 1.807) is 14.0 Å². The molecule has 0 aliphatic rings. The number of anilines is 1. The number of ether oxygens (including phenoxy) is 1. The van der Waals surface area contributed by atoms with E-state index in [0.29, 0.717) is 18.4 Å². The molecule has 0 saturated carbocycles. The topological polar surface area (TPSA) is 63.4 Å². The van der Waals surface area contributed by atoms with Crippen LogP contribution in [0.2, 0.25) is 0 Å². The second-order valence-corrected chi connectivity index (χ2v) is 4.78. The lowest BCUT2D eigenvalue weighted by atomic mass is 10.1. The summed E-state index contributed by atoms with van der Waals surface area (Å²) in [6.45, 7) is 2.46. The van der Waals surface area contributed by atoms with Crippen LogP contribution in [0.15, 0.2) is 28.8 Å². The van der Waals surface area contributed by atoms with E-state index in [2.05, 4.69) is 26.4 Å². The summed E-state index contributed by atoms with van der Waals surface area (Å²) in [7, 11) is 5.74. The second kappa shape index (κ2) is 6.38. The lowest BCUT2D eigenvalue weighted by Crippen LogP contribution is -2.27. The molecular formula is C14H20N4O2. The van der Waals surface area contributed by atoms with E-state index in [9.17, 15) is 0 Å². The van der Waals surface area contributed by atoms with Crippen LogP contribution in [0.5, 0.6) is 5.75 Å². The molecule has 108 valence electrons. The van der Waals surface area contributed by atoms with Crippen molar-refractivity contribution in [1.29, 1.82) is 0 Å². The van der Waals surface area contributed by atoms with Crippen LogP contribution in [0.4, 0.5) is 6.01 Å². The van der Waals surface area contributed by atoms with Gasteiger partial charge in [0.2, 0.25) is 0 Å². The summed E-state index contributed by atoms with van der Waals surface area (Å²) in [6.07, 6.45) is 0. The summed E-state index contributed by atoms with van der Waals surface area (Å²) in [5, 5.41) is 6.92. The fourth-order valence-corrected chi connectivity index (χ4v) is 2.00. The highest BCUT2D eigenvalue weighted by molar-refractivity contribution is 5.32. The Balaban J connectivity index is 2.10. The number of benzene rings is 1. The van der Waals surface area contributed by atoms with E-state index >= 15 is 0 Å². The Morgan fingerprint density at radius 1 is 1.40 bits per heavy atom. The maximum atomic E-state index is 5.27. The average molecular weight is 276 g/mol. The van der Waals surface area contributed by atoms with Crippen molar-refractivity contribution in [2.75, 3.05) is 33.1 Å². The van der Waals surface area contributed by atoms with Gasteiger partial charge in [0.25, 0.3) is 0 Å². The number of likely N-dealkylation sites (N-methyl/N-ethyl adjacent to an activating group) is 1. The minimum Gasteiger partial charge on any atom is -0.497 e. The van der Waals surface area contributed by atoms with E-state index in [4.69, 9.17) is 9.26 Å². The largest absolute Gasteiger partial charge is 0.497 e. The van der Waals surface area contributed by atoms with Gasteiger partial charge in [-0.05, 0) is 38.7 Å². The molecule has 1 heterocycles. The third kappa shape index (κ3) is 3.48. The number of aryl methyl sites for hydroxylation is 1. The number of rotatable bonds is 6. The van der Waals surface area contributed by atoms with Gasteiger partial charge in [0.1, 0.15) is 5.75 Å². The van der Waals surface area contributed by atoms with Crippen LogP contribution >= 0.6 is 0 Å². The van der Waals surface area contributed by atoms with Gasteiger partial charge in [-0.3, -0.25) is 0 Å². The zero-order valence-corrected chi connectivity index (χ0v) is 12.3. The summed E-state index contributed by atoms with van der Waals surface area (Å²) < 4.78 is 10.3. The molecule has 0 bridgehead atoms. The third-order valence-electron chi connectivity index (χ3n) is 3.08. The highest BCUT2D eigenvalue weighted by Gasteiger charge is 2.15. The summed E-state index contributed by atoms with van der Waals surface area (Å²) in [5.74, 6) is 1.47. The molecule has 0 aliphatic carbocycles. The van der Waals surface area contributed by atoms with Crippen molar-refractivity contribution in [3.05, 3.63) is 35.7 Å². The van der Waals surface area contributed by atoms with Gasteiger partial charge in [0.15, 0.2) is 5.82 Å². The maximum absolute atomic E-state index is 5.27. The van der Waals surface area contributed by atoms with Crippen molar-refractivity contribution in [2.45, 2.75) is 13.0 Å². The zero-order chi connectivity index (χ0) is 14.5. The molecule has 0 saturated heterocycles. The SMILES string of the molecule is COc1cccc(C(CNc2nc(C)no2)N(C)C)c1. The Hall–Kier alpha value is -2.08. The van der Waals surface area contributed by atoms with Gasteiger partial charge in [-0.1, -0.05) is 17.3 Å². The molecule has 1 unspecified atom stereocenters. The van der Waals surface area contributed by atoms with E-state index in [0.717, 1.165) is 11.3 Å². The summed E-state index contributed by atoms with van der Waals surface area (Å²) >= 11 is 0. The molecule has 0 radical (unpaired) electrons. The first kappa shape index (κ1) is 14.3. The van der Waals surface area contributed by atoms with Gasteiger partial charge >= 0.3 is 6.01 Å². The zero-order valence-electron chi connectivity index (χ0n) is 12.3. The number of hydrogen-bond acceptors (Lipinski definition) is 6. The molecule has 2 aromatic rings. The molecule has 1 N–H and O–H groups in total. The molecule has 6 nitrogen and oxygen atoms in total. The van der Waals surface area contributed by atoms with Crippen LogP contribution in [-0.2, 0) is 0 Å². The summed E-state index contributed by atoms with van der Waals surface area (Å²) in [5.41, 5.74) is 1.16. The number of nitrogens with zero attached hydrogens (tertiary/aromatic N) is 3. The van der Waals surface area contributed by atoms with Crippen LogP contribution in [0, 0.1) is 6.92 Å². The van der Waals surface area contributed by atoms with Crippen molar-refractivity contribution in [3.8, 4) is 5.75 Å². The summed E-state index contributed by atoms with van der Waals surface area (Å²) in [6, 6.07) is 8.65. The van der Waals surface area contributed by atoms with Crippen molar-refractivity contribution >= 4 is 6.01 Å². The minimum absolute atomic E-state index is 0.178. The monoisotopic (exact) mass is 276 g/mol. The number of methoxy groups -OCH3 is 1. The van der Waals surface area contributed by atoms with Crippen LogP contribution < -0.4 is 10.1 Å². The van der Waals surface area contributed by atoms with Gasteiger partial charge in [0.05, 0.1) is 13.2 Å². The number of nitrogens with one attached hydrogen (secondary N) is 1. The fourth-order valence-electron chi connectivity index (χ4n) is 2.00. The fraction of sp³-hybridized carbons (Fsp3) is 0.429. The molecule has 20 heavy (non-hydrogen) atoms. The Kier molecular flexibility index (Phi) is 4.57. The molecule has 2 rings (SSSR count). The van der Waals surface area contributed by atoms with E-state index in [1.807, 2.05) is 32.3 Å². The third-order valence-corrected chi connectivity index (χ3v) is 3.08. The predicted molar refractivity (Wildman–Crippen MR) is 76.9 cm³/mol. The van der Waals surface area contributed by atoms with E-state index < -0.39 is 0 Å². The first-order chi connectivity index (χ1) is 9.60. The Morgan fingerprint density at radius 2 is 2.20 bits per heavy atom.